The Hall–Kier alpha value is -2.52. The highest BCUT2D eigenvalue weighted by Gasteiger charge is 2.15. The van der Waals surface area contributed by atoms with E-state index in [1.54, 1.807) is 11.3 Å². The topological polar surface area (TPSA) is 25.8 Å². The molecule has 0 fully saturated rings. The molecule has 23 heavy (non-hydrogen) atoms. The molecule has 0 unspecified atom stereocenters. The van der Waals surface area contributed by atoms with Gasteiger partial charge in [-0.25, -0.2) is 4.98 Å². The predicted molar refractivity (Wildman–Crippen MR) is 97.8 cm³/mol. The normalized spacial score (nSPS) is 11.0. The molecule has 3 heteroatoms. The van der Waals surface area contributed by atoms with Crippen molar-refractivity contribution >= 4 is 21.6 Å². The third kappa shape index (κ3) is 2.53. The molecule has 0 amide bonds. The quantitative estimate of drug-likeness (QED) is 0.478. The van der Waals surface area contributed by atoms with Gasteiger partial charge in [0.05, 0.1) is 15.9 Å². The van der Waals surface area contributed by atoms with E-state index in [0.717, 1.165) is 21.8 Å². The number of benzene rings is 2. The van der Waals surface area contributed by atoms with Gasteiger partial charge in [-0.2, -0.15) is 0 Å². The average molecular weight is 316 g/mol. The van der Waals surface area contributed by atoms with E-state index in [0.29, 0.717) is 0 Å². The van der Waals surface area contributed by atoms with Gasteiger partial charge in [0.25, 0.3) is 0 Å². The van der Waals surface area contributed by atoms with Crippen molar-refractivity contribution in [3.63, 3.8) is 0 Å². The van der Waals surface area contributed by atoms with E-state index in [9.17, 15) is 0 Å². The van der Waals surface area contributed by atoms with E-state index in [4.69, 9.17) is 4.98 Å². The summed E-state index contributed by atoms with van der Waals surface area (Å²) in [5.41, 5.74) is 6.88. The molecule has 4 aromatic rings. The lowest BCUT2D eigenvalue weighted by Crippen LogP contribution is -1.92. The minimum Gasteiger partial charge on any atom is -0.256 e. The number of aromatic nitrogens is 2. The van der Waals surface area contributed by atoms with Gasteiger partial charge in [-0.05, 0) is 49.7 Å². The fourth-order valence-corrected chi connectivity index (χ4v) is 4.04. The van der Waals surface area contributed by atoms with Crippen molar-refractivity contribution in [2.24, 2.45) is 0 Å². The molecule has 0 aliphatic heterocycles. The smallest absolute Gasteiger partial charge is 0.125 e. The van der Waals surface area contributed by atoms with Crippen molar-refractivity contribution in [2.75, 3.05) is 0 Å². The largest absolute Gasteiger partial charge is 0.256 e. The van der Waals surface area contributed by atoms with Gasteiger partial charge >= 0.3 is 0 Å². The van der Waals surface area contributed by atoms with Crippen molar-refractivity contribution in [3.05, 3.63) is 71.9 Å². The summed E-state index contributed by atoms with van der Waals surface area (Å²) in [6, 6.07) is 18.8. The van der Waals surface area contributed by atoms with Crippen LogP contribution >= 0.6 is 11.3 Å². The summed E-state index contributed by atoms with van der Waals surface area (Å²) >= 11 is 1.74. The van der Waals surface area contributed by atoms with Crippen LogP contribution in [0.5, 0.6) is 0 Å². The number of nitrogens with zero attached hydrogens (tertiary/aromatic N) is 2. The zero-order chi connectivity index (χ0) is 15.8. The molecule has 0 saturated carbocycles. The summed E-state index contributed by atoms with van der Waals surface area (Å²) < 4.78 is 1.22. The highest BCUT2D eigenvalue weighted by molar-refractivity contribution is 7.21. The van der Waals surface area contributed by atoms with E-state index in [-0.39, 0.29) is 0 Å². The highest BCUT2D eigenvalue weighted by Crippen LogP contribution is 2.38. The fourth-order valence-electron chi connectivity index (χ4n) is 2.95. The summed E-state index contributed by atoms with van der Waals surface area (Å²) in [7, 11) is 0. The maximum absolute atomic E-state index is 4.85. The molecule has 4 rings (SSSR count). The standard InChI is InChI=1S/C20H16N2S/c1-13-11-14(2)19(15(12-13)16-7-5-6-10-21-16)20-22-17-8-3-4-9-18(17)23-20/h3-12H,1-2H3. The molecule has 0 N–H and O–H groups in total. The Balaban J connectivity index is 2.01. The molecule has 2 aromatic heterocycles. The molecule has 112 valence electrons. The first-order chi connectivity index (χ1) is 11.2. The third-order valence-corrected chi connectivity index (χ3v) is 4.98. The second kappa shape index (κ2) is 5.60. The van der Waals surface area contributed by atoms with Gasteiger partial charge in [-0.15, -0.1) is 11.3 Å². The lowest BCUT2D eigenvalue weighted by atomic mass is 9.96. The Labute approximate surface area is 139 Å². The second-order valence-electron chi connectivity index (χ2n) is 5.71. The van der Waals surface area contributed by atoms with Crippen LogP contribution in [-0.4, -0.2) is 9.97 Å². The Morgan fingerprint density at radius 1 is 0.913 bits per heavy atom. The van der Waals surface area contributed by atoms with Gasteiger partial charge in [0.15, 0.2) is 0 Å². The summed E-state index contributed by atoms with van der Waals surface area (Å²) in [6.07, 6.45) is 1.84. The number of para-hydroxylation sites is 1. The Morgan fingerprint density at radius 3 is 2.52 bits per heavy atom. The van der Waals surface area contributed by atoms with E-state index in [1.165, 1.54) is 21.4 Å². The minimum atomic E-state index is 0.994. The van der Waals surface area contributed by atoms with Crippen LogP contribution in [0.25, 0.3) is 32.0 Å². The van der Waals surface area contributed by atoms with Crippen molar-refractivity contribution in [1.82, 2.24) is 9.97 Å². The van der Waals surface area contributed by atoms with Crippen LogP contribution in [0.2, 0.25) is 0 Å². The zero-order valence-corrected chi connectivity index (χ0v) is 13.9. The number of hydrogen-bond donors (Lipinski definition) is 0. The second-order valence-corrected chi connectivity index (χ2v) is 6.74. The molecular formula is C20H16N2S. The molecule has 2 nitrogen and oxygen atoms in total. The first-order valence-electron chi connectivity index (χ1n) is 7.61. The maximum Gasteiger partial charge on any atom is 0.125 e. The van der Waals surface area contributed by atoms with Crippen LogP contribution in [-0.2, 0) is 0 Å². The molecule has 0 bridgehead atoms. The molecule has 0 spiro atoms. The van der Waals surface area contributed by atoms with Gasteiger partial charge < -0.3 is 0 Å². The third-order valence-electron chi connectivity index (χ3n) is 3.93. The van der Waals surface area contributed by atoms with Crippen LogP contribution in [0.1, 0.15) is 11.1 Å². The molecular weight excluding hydrogens is 300 g/mol. The summed E-state index contributed by atoms with van der Waals surface area (Å²) in [5.74, 6) is 0. The fraction of sp³-hybridized carbons (Fsp3) is 0.100. The molecule has 0 aliphatic rings. The van der Waals surface area contributed by atoms with E-state index in [1.807, 2.05) is 24.4 Å². The lowest BCUT2D eigenvalue weighted by Gasteiger charge is -2.11. The summed E-state index contributed by atoms with van der Waals surface area (Å²) in [4.78, 5) is 9.40. The molecule has 0 aliphatic carbocycles. The van der Waals surface area contributed by atoms with Gasteiger partial charge in [0, 0.05) is 17.3 Å². The summed E-state index contributed by atoms with van der Waals surface area (Å²) in [6.45, 7) is 4.28. The van der Waals surface area contributed by atoms with Gasteiger partial charge in [0.2, 0.25) is 0 Å². The number of thiazole rings is 1. The monoisotopic (exact) mass is 316 g/mol. The first-order valence-corrected chi connectivity index (χ1v) is 8.42. The molecule has 0 atom stereocenters. The minimum absolute atomic E-state index is 0.994. The molecule has 2 aromatic carbocycles. The Bertz CT molecular complexity index is 954. The van der Waals surface area contributed by atoms with E-state index >= 15 is 0 Å². The van der Waals surface area contributed by atoms with Crippen LogP contribution in [0, 0.1) is 13.8 Å². The molecule has 0 saturated heterocycles. The van der Waals surface area contributed by atoms with Crippen LogP contribution < -0.4 is 0 Å². The van der Waals surface area contributed by atoms with Crippen molar-refractivity contribution in [1.29, 1.82) is 0 Å². The Kier molecular flexibility index (Phi) is 3.43. The summed E-state index contributed by atoms with van der Waals surface area (Å²) in [5, 5.41) is 1.06. The average Bonchev–Trinajstić information content (AvgIpc) is 2.98. The van der Waals surface area contributed by atoms with E-state index < -0.39 is 0 Å². The predicted octanol–water partition coefficient (Wildman–Crippen LogP) is 5.64. The first kappa shape index (κ1) is 14.1. The van der Waals surface area contributed by atoms with Gasteiger partial charge in [0.1, 0.15) is 5.01 Å². The number of aryl methyl sites for hydroxylation is 2. The number of hydrogen-bond acceptors (Lipinski definition) is 3. The van der Waals surface area contributed by atoms with Gasteiger partial charge in [-0.3, -0.25) is 4.98 Å². The van der Waals surface area contributed by atoms with Crippen LogP contribution in [0.15, 0.2) is 60.8 Å². The van der Waals surface area contributed by atoms with Crippen molar-refractivity contribution in [3.8, 4) is 21.8 Å². The SMILES string of the molecule is Cc1cc(C)c(-c2nc3ccccc3s2)c(-c2ccccn2)c1. The highest BCUT2D eigenvalue weighted by atomic mass is 32.1. The molecule has 0 radical (unpaired) electrons. The van der Waals surface area contributed by atoms with Crippen LogP contribution in [0.3, 0.4) is 0 Å². The number of fused-ring (bicyclic) bond motifs is 1. The number of rotatable bonds is 2. The van der Waals surface area contributed by atoms with Crippen molar-refractivity contribution in [2.45, 2.75) is 13.8 Å². The zero-order valence-electron chi connectivity index (χ0n) is 13.1. The van der Waals surface area contributed by atoms with Crippen molar-refractivity contribution < 1.29 is 0 Å². The maximum atomic E-state index is 4.85. The Morgan fingerprint density at radius 2 is 1.74 bits per heavy atom. The lowest BCUT2D eigenvalue weighted by molar-refractivity contribution is 1.30. The van der Waals surface area contributed by atoms with Crippen LogP contribution in [0.4, 0.5) is 0 Å². The van der Waals surface area contributed by atoms with Gasteiger partial charge in [-0.1, -0.05) is 29.8 Å². The van der Waals surface area contributed by atoms with E-state index in [2.05, 4.69) is 55.2 Å². The number of pyridine rings is 1. The molecule has 2 heterocycles.